The van der Waals surface area contributed by atoms with E-state index < -0.39 is 0 Å². The maximum absolute atomic E-state index is 12.7. The smallest absolute Gasteiger partial charge is 0.317 e. The van der Waals surface area contributed by atoms with Gasteiger partial charge in [-0.05, 0) is 58.2 Å². The van der Waals surface area contributed by atoms with E-state index in [4.69, 9.17) is 9.47 Å². The first kappa shape index (κ1) is 21.9. The van der Waals surface area contributed by atoms with E-state index >= 15 is 0 Å². The summed E-state index contributed by atoms with van der Waals surface area (Å²) in [6.07, 6.45) is 1.70. The SMILES string of the molecule is CCNC(=O)C1CCCN(C(=O)NC(C)c2ccc(OC(C)C)c(OC)c2)C1. The van der Waals surface area contributed by atoms with Gasteiger partial charge in [0.25, 0.3) is 0 Å². The van der Waals surface area contributed by atoms with Gasteiger partial charge in [0.15, 0.2) is 11.5 Å². The maximum Gasteiger partial charge on any atom is 0.317 e. The Morgan fingerprint density at radius 1 is 1.25 bits per heavy atom. The molecule has 0 radical (unpaired) electrons. The molecule has 1 heterocycles. The Balaban J connectivity index is 2.00. The summed E-state index contributed by atoms with van der Waals surface area (Å²) in [5, 5.41) is 5.88. The lowest BCUT2D eigenvalue weighted by Gasteiger charge is -2.33. The van der Waals surface area contributed by atoms with Crippen molar-refractivity contribution in [3.63, 3.8) is 0 Å². The molecule has 2 unspecified atom stereocenters. The highest BCUT2D eigenvalue weighted by Gasteiger charge is 2.28. The molecule has 2 N–H and O–H groups in total. The molecule has 1 aromatic carbocycles. The van der Waals surface area contributed by atoms with Gasteiger partial charge < -0.3 is 25.0 Å². The van der Waals surface area contributed by atoms with Crippen LogP contribution in [0.5, 0.6) is 11.5 Å². The zero-order valence-corrected chi connectivity index (χ0v) is 17.6. The number of likely N-dealkylation sites (tertiary alicyclic amines) is 1. The first-order chi connectivity index (χ1) is 13.3. The predicted molar refractivity (Wildman–Crippen MR) is 109 cm³/mol. The lowest BCUT2D eigenvalue weighted by atomic mass is 9.97. The third-order valence-corrected chi connectivity index (χ3v) is 4.82. The number of urea groups is 1. The maximum atomic E-state index is 12.7. The van der Waals surface area contributed by atoms with Crippen LogP contribution in [0.3, 0.4) is 0 Å². The van der Waals surface area contributed by atoms with Crippen molar-refractivity contribution >= 4 is 11.9 Å². The minimum absolute atomic E-state index is 0.0264. The van der Waals surface area contributed by atoms with Crippen LogP contribution in [0, 0.1) is 5.92 Å². The fourth-order valence-corrected chi connectivity index (χ4v) is 3.36. The highest BCUT2D eigenvalue weighted by atomic mass is 16.5. The number of methoxy groups -OCH3 is 1. The van der Waals surface area contributed by atoms with Gasteiger partial charge in [-0.25, -0.2) is 4.79 Å². The molecule has 1 saturated heterocycles. The van der Waals surface area contributed by atoms with Gasteiger partial charge in [0, 0.05) is 19.6 Å². The molecule has 1 aliphatic heterocycles. The summed E-state index contributed by atoms with van der Waals surface area (Å²) < 4.78 is 11.2. The summed E-state index contributed by atoms with van der Waals surface area (Å²) in [7, 11) is 1.60. The van der Waals surface area contributed by atoms with Crippen LogP contribution in [0.25, 0.3) is 0 Å². The lowest BCUT2D eigenvalue weighted by Crippen LogP contribution is -2.49. The molecule has 0 bridgehead atoms. The average Bonchev–Trinajstić information content (AvgIpc) is 2.68. The number of hydrogen-bond acceptors (Lipinski definition) is 4. The monoisotopic (exact) mass is 391 g/mol. The molecule has 7 nitrogen and oxygen atoms in total. The summed E-state index contributed by atoms with van der Waals surface area (Å²) in [5.41, 5.74) is 0.929. The standard InChI is InChI=1S/C21H33N3O4/c1-6-22-20(25)17-8-7-11-24(13-17)21(26)23-15(4)16-9-10-18(28-14(2)3)19(12-16)27-5/h9-10,12,14-15,17H,6-8,11,13H2,1-5H3,(H,22,25)(H,23,26). The molecule has 1 aromatic rings. The van der Waals surface area contributed by atoms with Crippen LogP contribution in [0.1, 0.15) is 52.1 Å². The van der Waals surface area contributed by atoms with Crippen LogP contribution in [-0.2, 0) is 4.79 Å². The Bertz CT molecular complexity index is 678. The number of benzene rings is 1. The second-order valence-electron chi connectivity index (χ2n) is 7.43. The van der Waals surface area contributed by atoms with Crippen molar-refractivity contribution < 1.29 is 19.1 Å². The topological polar surface area (TPSA) is 79.9 Å². The summed E-state index contributed by atoms with van der Waals surface area (Å²) in [6.45, 7) is 9.48. The molecule has 0 aromatic heterocycles. The Hall–Kier alpha value is -2.44. The minimum Gasteiger partial charge on any atom is -0.493 e. The van der Waals surface area contributed by atoms with E-state index in [-0.39, 0.29) is 30.0 Å². The molecule has 0 spiro atoms. The lowest BCUT2D eigenvalue weighted by molar-refractivity contribution is -0.126. The molecule has 0 aliphatic carbocycles. The van der Waals surface area contributed by atoms with Crippen LogP contribution in [0.4, 0.5) is 4.79 Å². The molecular formula is C21H33N3O4. The van der Waals surface area contributed by atoms with Crippen molar-refractivity contribution in [3.8, 4) is 11.5 Å². The number of nitrogens with zero attached hydrogens (tertiary/aromatic N) is 1. The number of carbonyl (C=O) groups is 2. The van der Waals surface area contributed by atoms with E-state index in [2.05, 4.69) is 10.6 Å². The highest BCUT2D eigenvalue weighted by Crippen LogP contribution is 2.31. The van der Waals surface area contributed by atoms with Gasteiger partial charge in [-0.1, -0.05) is 6.07 Å². The van der Waals surface area contributed by atoms with E-state index in [1.54, 1.807) is 12.0 Å². The molecule has 3 amide bonds. The van der Waals surface area contributed by atoms with Gasteiger partial charge in [-0.3, -0.25) is 4.79 Å². The van der Waals surface area contributed by atoms with Crippen molar-refractivity contribution in [1.82, 2.24) is 15.5 Å². The third-order valence-electron chi connectivity index (χ3n) is 4.82. The Kier molecular flexibility index (Phi) is 7.96. The van der Waals surface area contributed by atoms with Crippen LogP contribution in [0.2, 0.25) is 0 Å². The second kappa shape index (κ2) is 10.2. The summed E-state index contributed by atoms with van der Waals surface area (Å²) in [5.74, 6) is 1.21. The average molecular weight is 392 g/mol. The van der Waals surface area contributed by atoms with Crippen LogP contribution in [-0.4, -0.2) is 49.7 Å². The molecule has 1 fully saturated rings. The van der Waals surface area contributed by atoms with Crippen molar-refractivity contribution in [1.29, 1.82) is 0 Å². The number of piperidine rings is 1. The van der Waals surface area contributed by atoms with Crippen molar-refractivity contribution in [2.24, 2.45) is 5.92 Å². The number of hydrogen-bond donors (Lipinski definition) is 2. The van der Waals surface area contributed by atoms with E-state index in [9.17, 15) is 9.59 Å². The van der Waals surface area contributed by atoms with Gasteiger partial charge in [-0.2, -0.15) is 0 Å². The largest absolute Gasteiger partial charge is 0.493 e. The molecule has 28 heavy (non-hydrogen) atoms. The molecule has 2 atom stereocenters. The Morgan fingerprint density at radius 3 is 2.64 bits per heavy atom. The zero-order chi connectivity index (χ0) is 20.7. The Morgan fingerprint density at radius 2 is 2.00 bits per heavy atom. The molecule has 0 saturated carbocycles. The van der Waals surface area contributed by atoms with Gasteiger partial charge in [0.2, 0.25) is 5.91 Å². The Labute approximate surface area is 167 Å². The van der Waals surface area contributed by atoms with E-state index in [1.807, 2.05) is 45.9 Å². The molecule has 2 rings (SSSR count). The van der Waals surface area contributed by atoms with Crippen LogP contribution >= 0.6 is 0 Å². The molecule has 156 valence electrons. The molecule has 7 heteroatoms. The number of amides is 3. The molecular weight excluding hydrogens is 358 g/mol. The van der Waals surface area contributed by atoms with E-state index in [0.29, 0.717) is 31.1 Å². The fraction of sp³-hybridized carbons (Fsp3) is 0.619. The summed E-state index contributed by atoms with van der Waals surface area (Å²) in [4.78, 5) is 26.5. The van der Waals surface area contributed by atoms with Crippen LogP contribution < -0.4 is 20.1 Å². The predicted octanol–water partition coefficient (Wildman–Crippen LogP) is 3.10. The summed E-state index contributed by atoms with van der Waals surface area (Å²) >= 11 is 0. The van der Waals surface area contributed by atoms with Gasteiger partial charge in [-0.15, -0.1) is 0 Å². The third kappa shape index (κ3) is 5.78. The normalized spacial score (nSPS) is 17.8. The van der Waals surface area contributed by atoms with Crippen molar-refractivity contribution in [2.45, 2.75) is 52.7 Å². The number of nitrogens with one attached hydrogen (secondary N) is 2. The second-order valence-corrected chi connectivity index (χ2v) is 7.43. The summed E-state index contributed by atoms with van der Waals surface area (Å²) in [6, 6.07) is 5.33. The number of rotatable bonds is 7. The first-order valence-corrected chi connectivity index (χ1v) is 10.0. The van der Waals surface area contributed by atoms with E-state index in [0.717, 1.165) is 18.4 Å². The number of ether oxygens (including phenoxy) is 2. The fourth-order valence-electron chi connectivity index (χ4n) is 3.36. The van der Waals surface area contributed by atoms with Gasteiger partial charge in [0.05, 0.1) is 25.2 Å². The van der Waals surface area contributed by atoms with Crippen LogP contribution in [0.15, 0.2) is 18.2 Å². The first-order valence-electron chi connectivity index (χ1n) is 10.0. The van der Waals surface area contributed by atoms with Gasteiger partial charge in [0.1, 0.15) is 0 Å². The number of carbonyl (C=O) groups excluding carboxylic acids is 2. The molecule has 1 aliphatic rings. The highest BCUT2D eigenvalue weighted by molar-refractivity contribution is 5.81. The van der Waals surface area contributed by atoms with Crippen molar-refractivity contribution in [3.05, 3.63) is 23.8 Å². The van der Waals surface area contributed by atoms with Gasteiger partial charge >= 0.3 is 6.03 Å². The zero-order valence-electron chi connectivity index (χ0n) is 17.6. The van der Waals surface area contributed by atoms with Crippen molar-refractivity contribution in [2.75, 3.05) is 26.7 Å². The van der Waals surface area contributed by atoms with E-state index in [1.165, 1.54) is 0 Å². The minimum atomic E-state index is -0.195. The quantitative estimate of drug-likeness (QED) is 0.748.